The highest BCUT2D eigenvalue weighted by molar-refractivity contribution is 9.10. The molecule has 0 bridgehead atoms. The molecule has 1 aromatic carbocycles. The number of ketones is 1. The van der Waals surface area contributed by atoms with E-state index in [9.17, 15) is 13.6 Å². The zero-order valence-corrected chi connectivity index (χ0v) is 9.42. The molecule has 0 saturated heterocycles. The number of halogens is 3. The fourth-order valence-corrected chi connectivity index (χ4v) is 1.74. The van der Waals surface area contributed by atoms with Gasteiger partial charge in [-0.05, 0) is 40.2 Å². The van der Waals surface area contributed by atoms with Crippen molar-refractivity contribution >= 4 is 21.7 Å². The van der Waals surface area contributed by atoms with Gasteiger partial charge in [0.25, 0.3) is 0 Å². The molecular weight excluding hydrogens is 282 g/mol. The van der Waals surface area contributed by atoms with Crippen LogP contribution in [0.4, 0.5) is 8.78 Å². The average Bonchev–Trinajstić information content (AvgIpc) is 2.79. The summed E-state index contributed by atoms with van der Waals surface area (Å²) in [5.41, 5.74) is 0.0221. The Morgan fingerprint density at radius 3 is 2.62 bits per heavy atom. The third-order valence-electron chi connectivity index (χ3n) is 2.02. The molecule has 82 valence electrons. The van der Waals surface area contributed by atoms with Gasteiger partial charge in [0.05, 0.1) is 10.7 Å². The van der Waals surface area contributed by atoms with Crippen molar-refractivity contribution in [1.82, 2.24) is 0 Å². The first-order valence-electron chi connectivity index (χ1n) is 4.33. The standard InChI is InChI=1S/C11H5BrF2O2/c12-9-6(3-4-7(13)10(9)14)11(15)8-2-1-5-16-8/h1-5H. The van der Waals surface area contributed by atoms with Gasteiger partial charge in [0.2, 0.25) is 5.78 Å². The Morgan fingerprint density at radius 1 is 1.25 bits per heavy atom. The number of hydrogen-bond donors (Lipinski definition) is 0. The summed E-state index contributed by atoms with van der Waals surface area (Å²) in [5.74, 6) is -2.53. The van der Waals surface area contributed by atoms with Crippen LogP contribution in [0.15, 0.2) is 39.4 Å². The molecule has 0 aliphatic heterocycles. The summed E-state index contributed by atoms with van der Waals surface area (Å²) in [6, 6.07) is 5.10. The van der Waals surface area contributed by atoms with E-state index in [1.807, 2.05) is 0 Å². The smallest absolute Gasteiger partial charge is 0.229 e. The maximum Gasteiger partial charge on any atom is 0.229 e. The first kappa shape index (κ1) is 11.0. The maximum absolute atomic E-state index is 13.2. The molecule has 2 rings (SSSR count). The minimum Gasteiger partial charge on any atom is -0.461 e. The monoisotopic (exact) mass is 286 g/mol. The fraction of sp³-hybridized carbons (Fsp3) is 0. The lowest BCUT2D eigenvalue weighted by Crippen LogP contribution is -2.03. The highest BCUT2D eigenvalue weighted by Crippen LogP contribution is 2.25. The van der Waals surface area contributed by atoms with Gasteiger partial charge in [-0.25, -0.2) is 8.78 Å². The van der Waals surface area contributed by atoms with Gasteiger partial charge in [-0.3, -0.25) is 4.79 Å². The molecule has 0 saturated carbocycles. The van der Waals surface area contributed by atoms with Gasteiger partial charge >= 0.3 is 0 Å². The first-order chi connectivity index (χ1) is 7.61. The Labute approximate surface area is 98.0 Å². The number of rotatable bonds is 2. The van der Waals surface area contributed by atoms with Gasteiger partial charge in [0, 0.05) is 5.56 Å². The van der Waals surface area contributed by atoms with Crippen LogP contribution in [-0.4, -0.2) is 5.78 Å². The van der Waals surface area contributed by atoms with Crippen LogP contribution < -0.4 is 0 Å². The van der Waals surface area contributed by atoms with Crippen molar-refractivity contribution in [3.8, 4) is 0 Å². The molecule has 1 aromatic heterocycles. The number of furan rings is 1. The summed E-state index contributed by atoms with van der Waals surface area (Å²) < 4.78 is 30.7. The molecule has 2 nitrogen and oxygen atoms in total. The van der Waals surface area contributed by atoms with Crippen molar-refractivity contribution in [2.45, 2.75) is 0 Å². The maximum atomic E-state index is 13.2. The molecule has 0 unspecified atom stereocenters. The van der Waals surface area contributed by atoms with Crippen LogP contribution >= 0.6 is 15.9 Å². The number of carbonyl (C=O) groups is 1. The number of hydrogen-bond acceptors (Lipinski definition) is 2. The average molecular weight is 287 g/mol. The Hall–Kier alpha value is -1.49. The summed E-state index contributed by atoms with van der Waals surface area (Å²) in [5, 5.41) is 0. The Bertz CT molecular complexity index is 535. The Balaban J connectivity index is 2.50. The predicted octanol–water partition coefficient (Wildman–Crippen LogP) is 3.55. The highest BCUT2D eigenvalue weighted by atomic mass is 79.9. The van der Waals surface area contributed by atoms with Crippen molar-refractivity contribution in [2.24, 2.45) is 0 Å². The van der Waals surface area contributed by atoms with Gasteiger partial charge < -0.3 is 4.42 Å². The van der Waals surface area contributed by atoms with Crippen molar-refractivity contribution in [2.75, 3.05) is 0 Å². The molecule has 0 aliphatic carbocycles. The molecule has 0 amide bonds. The molecule has 1 heterocycles. The van der Waals surface area contributed by atoms with Crippen LogP contribution in [0.1, 0.15) is 16.1 Å². The van der Waals surface area contributed by atoms with E-state index < -0.39 is 17.4 Å². The molecule has 5 heteroatoms. The van der Waals surface area contributed by atoms with Gasteiger partial charge in [-0.15, -0.1) is 0 Å². The number of carbonyl (C=O) groups excluding carboxylic acids is 1. The van der Waals surface area contributed by atoms with E-state index in [-0.39, 0.29) is 15.8 Å². The summed E-state index contributed by atoms with van der Waals surface area (Å²) in [4.78, 5) is 11.8. The van der Waals surface area contributed by atoms with Crippen molar-refractivity contribution in [3.63, 3.8) is 0 Å². The SMILES string of the molecule is O=C(c1ccco1)c1ccc(F)c(F)c1Br. The Kier molecular flexibility index (Phi) is 2.87. The van der Waals surface area contributed by atoms with E-state index in [0.717, 1.165) is 6.07 Å². The van der Waals surface area contributed by atoms with Gasteiger partial charge in [0.1, 0.15) is 0 Å². The minimum atomic E-state index is -1.09. The summed E-state index contributed by atoms with van der Waals surface area (Å²) in [6.45, 7) is 0. The van der Waals surface area contributed by atoms with E-state index in [1.165, 1.54) is 18.4 Å². The molecule has 0 fully saturated rings. The second-order valence-corrected chi connectivity index (χ2v) is 3.82. The normalized spacial score (nSPS) is 10.4. The van der Waals surface area contributed by atoms with Gasteiger partial charge in [-0.2, -0.15) is 0 Å². The highest BCUT2D eigenvalue weighted by Gasteiger charge is 2.19. The predicted molar refractivity (Wildman–Crippen MR) is 56.2 cm³/mol. The third kappa shape index (κ3) is 1.78. The zero-order valence-electron chi connectivity index (χ0n) is 7.84. The molecule has 16 heavy (non-hydrogen) atoms. The largest absolute Gasteiger partial charge is 0.461 e. The quantitative estimate of drug-likeness (QED) is 0.624. The topological polar surface area (TPSA) is 30.2 Å². The van der Waals surface area contributed by atoms with E-state index in [1.54, 1.807) is 6.07 Å². The van der Waals surface area contributed by atoms with Crippen molar-refractivity contribution in [1.29, 1.82) is 0 Å². The molecule has 0 spiro atoms. The van der Waals surface area contributed by atoms with Crippen LogP contribution in [0.3, 0.4) is 0 Å². The van der Waals surface area contributed by atoms with E-state index in [2.05, 4.69) is 15.9 Å². The summed E-state index contributed by atoms with van der Waals surface area (Å²) in [6.07, 6.45) is 1.33. The van der Waals surface area contributed by atoms with E-state index in [0.29, 0.717) is 0 Å². The first-order valence-corrected chi connectivity index (χ1v) is 5.12. The third-order valence-corrected chi connectivity index (χ3v) is 2.80. The molecule has 0 N–H and O–H groups in total. The van der Waals surface area contributed by atoms with Gasteiger partial charge in [0.15, 0.2) is 17.4 Å². The van der Waals surface area contributed by atoms with Crippen molar-refractivity contribution in [3.05, 3.63) is 58.0 Å². The molecule has 2 aromatic rings. The molecule has 0 radical (unpaired) electrons. The van der Waals surface area contributed by atoms with Crippen LogP contribution in [0.2, 0.25) is 0 Å². The Morgan fingerprint density at radius 2 is 2.00 bits per heavy atom. The van der Waals surface area contributed by atoms with Crippen LogP contribution in [0, 0.1) is 11.6 Å². The molecule has 0 atom stereocenters. The number of benzene rings is 1. The van der Waals surface area contributed by atoms with E-state index in [4.69, 9.17) is 4.42 Å². The van der Waals surface area contributed by atoms with Crippen LogP contribution in [-0.2, 0) is 0 Å². The minimum absolute atomic E-state index is 0.0221. The lowest BCUT2D eigenvalue weighted by atomic mass is 10.1. The van der Waals surface area contributed by atoms with Gasteiger partial charge in [-0.1, -0.05) is 0 Å². The van der Waals surface area contributed by atoms with Crippen LogP contribution in [0.25, 0.3) is 0 Å². The zero-order chi connectivity index (χ0) is 11.7. The summed E-state index contributed by atoms with van der Waals surface area (Å²) in [7, 11) is 0. The summed E-state index contributed by atoms with van der Waals surface area (Å²) >= 11 is 2.84. The lowest BCUT2D eigenvalue weighted by molar-refractivity contribution is 0.101. The van der Waals surface area contributed by atoms with Crippen molar-refractivity contribution < 1.29 is 18.0 Å². The molecule has 0 aliphatic rings. The van der Waals surface area contributed by atoms with E-state index >= 15 is 0 Å². The molecular formula is C11H5BrF2O2. The fourth-order valence-electron chi connectivity index (χ4n) is 1.24. The second kappa shape index (κ2) is 4.17. The van der Waals surface area contributed by atoms with Crippen LogP contribution in [0.5, 0.6) is 0 Å². The second-order valence-electron chi connectivity index (χ2n) is 3.03. The lowest BCUT2D eigenvalue weighted by Gasteiger charge is -2.03.